The summed E-state index contributed by atoms with van der Waals surface area (Å²) in [5.74, 6) is -4.65. The third-order valence-electron chi connectivity index (χ3n) is 3.88. The van der Waals surface area contributed by atoms with Gasteiger partial charge in [-0.25, -0.2) is 13.6 Å². The summed E-state index contributed by atoms with van der Waals surface area (Å²) in [4.78, 5) is 37.4. The second-order valence-electron chi connectivity index (χ2n) is 5.46. The van der Waals surface area contributed by atoms with E-state index in [1.807, 2.05) is 0 Å². The van der Waals surface area contributed by atoms with E-state index in [1.165, 1.54) is 36.2 Å². The summed E-state index contributed by atoms with van der Waals surface area (Å²) >= 11 is 0. The fourth-order valence-corrected chi connectivity index (χ4v) is 2.57. The fraction of sp³-hybridized carbons (Fsp3) is 0.0556. The van der Waals surface area contributed by atoms with Crippen LogP contribution in [0.2, 0.25) is 0 Å². The highest BCUT2D eigenvalue weighted by atomic mass is 19.2. The lowest BCUT2D eigenvalue weighted by Crippen LogP contribution is -2.36. The zero-order chi connectivity index (χ0) is 18.3. The minimum atomic E-state index is -1.21. The Hall–Kier alpha value is -3.35. The molecule has 0 aliphatic carbocycles. The zero-order valence-corrected chi connectivity index (χ0v) is 12.9. The van der Waals surface area contributed by atoms with Crippen molar-refractivity contribution in [3.63, 3.8) is 0 Å². The van der Waals surface area contributed by atoms with Crippen molar-refractivity contribution >= 4 is 29.4 Å². The van der Waals surface area contributed by atoms with Gasteiger partial charge in [0.2, 0.25) is 5.78 Å². The SMILES string of the molecule is CN1C(=O)/C(=C\c2ccc(F)c(F)c2)C(=O)c2cc(C(=O)O)ccc21. The quantitative estimate of drug-likeness (QED) is 0.672. The van der Waals surface area contributed by atoms with Gasteiger partial charge >= 0.3 is 5.97 Å². The van der Waals surface area contributed by atoms with Crippen LogP contribution in [0.1, 0.15) is 26.3 Å². The van der Waals surface area contributed by atoms with Crippen molar-refractivity contribution in [1.82, 2.24) is 0 Å². The van der Waals surface area contributed by atoms with Gasteiger partial charge in [0.15, 0.2) is 11.6 Å². The van der Waals surface area contributed by atoms with Crippen molar-refractivity contribution < 1.29 is 28.3 Å². The fourth-order valence-electron chi connectivity index (χ4n) is 2.57. The van der Waals surface area contributed by atoms with E-state index in [2.05, 4.69) is 0 Å². The minimum Gasteiger partial charge on any atom is -0.478 e. The van der Waals surface area contributed by atoms with Crippen molar-refractivity contribution in [3.8, 4) is 0 Å². The third kappa shape index (κ3) is 2.80. The first-order valence-corrected chi connectivity index (χ1v) is 7.16. The number of fused-ring (bicyclic) bond motifs is 1. The third-order valence-corrected chi connectivity index (χ3v) is 3.88. The summed E-state index contributed by atoms with van der Waals surface area (Å²) in [6, 6.07) is 6.84. The van der Waals surface area contributed by atoms with Gasteiger partial charge in [-0.3, -0.25) is 9.59 Å². The van der Waals surface area contributed by atoms with Crippen LogP contribution in [0.25, 0.3) is 6.08 Å². The van der Waals surface area contributed by atoms with Gasteiger partial charge in [-0.05, 0) is 42.0 Å². The van der Waals surface area contributed by atoms with Gasteiger partial charge in [0.25, 0.3) is 5.91 Å². The molecule has 0 spiro atoms. The van der Waals surface area contributed by atoms with Crippen LogP contribution in [0.3, 0.4) is 0 Å². The Balaban J connectivity index is 2.13. The lowest BCUT2D eigenvalue weighted by molar-refractivity contribution is -0.114. The molecule has 0 saturated heterocycles. The Kier molecular flexibility index (Phi) is 3.92. The van der Waals surface area contributed by atoms with Gasteiger partial charge in [0.05, 0.1) is 16.8 Å². The maximum atomic E-state index is 13.3. The molecular formula is C18H11F2NO4. The molecule has 25 heavy (non-hydrogen) atoms. The Morgan fingerprint density at radius 1 is 1.08 bits per heavy atom. The van der Waals surface area contributed by atoms with Crippen LogP contribution in [0.5, 0.6) is 0 Å². The maximum Gasteiger partial charge on any atom is 0.335 e. The van der Waals surface area contributed by atoms with Crippen molar-refractivity contribution in [3.05, 3.63) is 70.3 Å². The summed E-state index contributed by atoms with van der Waals surface area (Å²) in [6.07, 6.45) is 1.15. The number of carboxylic acids is 1. The molecule has 1 N–H and O–H groups in total. The van der Waals surface area contributed by atoms with Gasteiger partial charge in [0, 0.05) is 12.6 Å². The molecule has 0 unspecified atom stereocenters. The average molecular weight is 343 g/mol. The Morgan fingerprint density at radius 2 is 1.80 bits per heavy atom. The summed E-state index contributed by atoms with van der Waals surface area (Å²) in [5.41, 5.74) is 0.116. The number of carbonyl (C=O) groups is 3. The molecule has 2 aromatic carbocycles. The van der Waals surface area contributed by atoms with E-state index in [4.69, 9.17) is 5.11 Å². The number of aromatic carboxylic acids is 1. The molecule has 0 atom stereocenters. The smallest absolute Gasteiger partial charge is 0.335 e. The predicted octanol–water partition coefficient (Wildman–Crippen LogP) is 2.91. The number of rotatable bonds is 2. The first kappa shape index (κ1) is 16.5. The highest BCUT2D eigenvalue weighted by molar-refractivity contribution is 6.36. The van der Waals surface area contributed by atoms with Crippen LogP contribution < -0.4 is 4.90 Å². The van der Waals surface area contributed by atoms with E-state index in [0.717, 1.165) is 18.2 Å². The van der Waals surface area contributed by atoms with E-state index in [0.29, 0.717) is 0 Å². The first-order chi connectivity index (χ1) is 11.8. The molecule has 2 aromatic rings. The van der Waals surface area contributed by atoms with Gasteiger partial charge in [0.1, 0.15) is 0 Å². The number of likely N-dealkylation sites (N-methyl/N-ethyl adjacent to an activating group) is 1. The highest BCUT2D eigenvalue weighted by Crippen LogP contribution is 2.31. The number of amides is 1. The summed E-state index contributed by atoms with van der Waals surface area (Å²) < 4.78 is 26.4. The van der Waals surface area contributed by atoms with Crippen LogP contribution in [0.15, 0.2) is 42.0 Å². The molecule has 0 fully saturated rings. The van der Waals surface area contributed by atoms with E-state index in [-0.39, 0.29) is 28.0 Å². The maximum absolute atomic E-state index is 13.3. The Morgan fingerprint density at radius 3 is 2.44 bits per heavy atom. The zero-order valence-electron chi connectivity index (χ0n) is 12.9. The summed E-state index contributed by atoms with van der Waals surface area (Å²) in [7, 11) is 1.44. The van der Waals surface area contributed by atoms with Crippen LogP contribution >= 0.6 is 0 Å². The molecule has 0 radical (unpaired) electrons. The Labute approximate surface area is 140 Å². The topological polar surface area (TPSA) is 74.7 Å². The van der Waals surface area contributed by atoms with Crippen molar-refractivity contribution in [2.75, 3.05) is 11.9 Å². The number of carboxylic acid groups (broad SMARTS) is 1. The van der Waals surface area contributed by atoms with Crippen LogP contribution in [-0.4, -0.2) is 29.8 Å². The second kappa shape index (κ2) is 5.94. The number of benzene rings is 2. The molecule has 7 heteroatoms. The molecule has 126 valence electrons. The predicted molar refractivity (Wildman–Crippen MR) is 85.5 cm³/mol. The highest BCUT2D eigenvalue weighted by Gasteiger charge is 2.33. The lowest BCUT2D eigenvalue weighted by Gasteiger charge is -2.26. The number of hydrogen-bond donors (Lipinski definition) is 1. The molecule has 1 aliphatic rings. The number of hydrogen-bond acceptors (Lipinski definition) is 3. The molecule has 3 rings (SSSR count). The summed E-state index contributed by atoms with van der Waals surface area (Å²) in [6.45, 7) is 0. The molecule has 1 aliphatic heterocycles. The van der Waals surface area contributed by atoms with E-state index in [9.17, 15) is 23.2 Å². The van der Waals surface area contributed by atoms with E-state index < -0.39 is 29.3 Å². The summed E-state index contributed by atoms with van der Waals surface area (Å²) in [5, 5.41) is 9.06. The normalized spacial score (nSPS) is 15.5. The molecule has 5 nitrogen and oxygen atoms in total. The number of carbonyl (C=O) groups excluding carboxylic acids is 2. The molecule has 1 amide bonds. The number of ketones is 1. The minimum absolute atomic E-state index is 0.0517. The number of halogens is 2. The van der Waals surface area contributed by atoms with Gasteiger partial charge in [-0.15, -0.1) is 0 Å². The molecule has 1 heterocycles. The monoisotopic (exact) mass is 343 g/mol. The van der Waals surface area contributed by atoms with Crippen molar-refractivity contribution in [1.29, 1.82) is 0 Å². The Bertz CT molecular complexity index is 966. The van der Waals surface area contributed by atoms with Crippen LogP contribution in [0, 0.1) is 11.6 Å². The lowest BCUT2D eigenvalue weighted by atomic mass is 9.92. The number of Topliss-reactive ketones (excluding diaryl/α,β-unsaturated/α-hetero) is 1. The number of nitrogens with zero attached hydrogens (tertiary/aromatic N) is 1. The molecule has 0 bridgehead atoms. The second-order valence-corrected chi connectivity index (χ2v) is 5.46. The standard InChI is InChI=1S/C18H11F2NO4/c1-21-15-5-3-10(18(24)25)8-11(15)16(22)12(17(21)23)6-9-2-4-13(19)14(20)7-9/h2-8H,1H3,(H,24,25)/b12-6-. The van der Waals surface area contributed by atoms with Crippen molar-refractivity contribution in [2.24, 2.45) is 0 Å². The van der Waals surface area contributed by atoms with Gasteiger partial charge in [-0.1, -0.05) is 6.07 Å². The first-order valence-electron chi connectivity index (χ1n) is 7.16. The van der Waals surface area contributed by atoms with Gasteiger partial charge in [-0.2, -0.15) is 0 Å². The van der Waals surface area contributed by atoms with E-state index in [1.54, 1.807) is 0 Å². The molecule has 0 saturated carbocycles. The van der Waals surface area contributed by atoms with E-state index >= 15 is 0 Å². The van der Waals surface area contributed by atoms with Crippen LogP contribution in [-0.2, 0) is 4.79 Å². The number of anilines is 1. The largest absolute Gasteiger partial charge is 0.478 e. The van der Waals surface area contributed by atoms with Gasteiger partial charge < -0.3 is 10.0 Å². The van der Waals surface area contributed by atoms with Crippen molar-refractivity contribution in [2.45, 2.75) is 0 Å². The van der Waals surface area contributed by atoms with Crippen LogP contribution in [0.4, 0.5) is 14.5 Å². The molecular weight excluding hydrogens is 332 g/mol. The molecule has 0 aromatic heterocycles. The average Bonchev–Trinajstić information content (AvgIpc) is 2.59.